The lowest BCUT2D eigenvalue weighted by Gasteiger charge is -2.21. The van der Waals surface area contributed by atoms with Crippen molar-refractivity contribution >= 4 is 39.3 Å². The molecule has 0 radical (unpaired) electrons. The highest BCUT2D eigenvalue weighted by atomic mass is 79.9. The molecule has 1 aromatic rings. The number of hydrogen-bond acceptors (Lipinski definition) is 3. The number of carbonyl (C=O) groups is 1. The third-order valence-corrected chi connectivity index (χ3v) is 5.33. The van der Waals surface area contributed by atoms with Crippen molar-refractivity contribution in [2.45, 2.75) is 24.5 Å². The monoisotopic (exact) mass is 342 g/mol. The molecule has 1 amide bonds. The van der Waals surface area contributed by atoms with Gasteiger partial charge in [-0.1, -0.05) is 0 Å². The second-order valence-electron chi connectivity index (χ2n) is 4.53. The van der Waals surface area contributed by atoms with Crippen LogP contribution in [0.3, 0.4) is 0 Å². The molecule has 0 spiro atoms. The fourth-order valence-electron chi connectivity index (χ4n) is 1.96. The maximum Gasteiger partial charge on any atom is 0.240 e. The molecule has 1 aliphatic heterocycles. The molecule has 2 rings (SSSR count). The molecular weight excluding hydrogens is 331 g/mol. The summed E-state index contributed by atoms with van der Waals surface area (Å²) in [6, 6.07) is 4.79. The molecule has 0 bridgehead atoms. The minimum Gasteiger partial charge on any atom is -0.322 e. The molecule has 1 saturated heterocycles. The van der Waals surface area contributed by atoms with E-state index >= 15 is 0 Å². The van der Waals surface area contributed by atoms with Crippen molar-refractivity contribution in [2.24, 2.45) is 0 Å². The number of thioether (sulfide) groups is 1. The van der Waals surface area contributed by atoms with Gasteiger partial charge >= 0.3 is 0 Å². The summed E-state index contributed by atoms with van der Waals surface area (Å²) < 4.78 is 13.9. The predicted molar refractivity (Wildman–Crippen MR) is 77.5 cm³/mol. The van der Waals surface area contributed by atoms with Gasteiger partial charge in [-0.05, 0) is 53.6 Å². The largest absolute Gasteiger partial charge is 0.322 e. The molecule has 6 heteroatoms. The van der Waals surface area contributed by atoms with Gasteiger partial charge in [-0.3, -0.25) is 4.79 Å². The molecule has 0 saturated carbocycles. The summed E-state index contributed by atoms with van der Waals surface area (Å²) >= 11 is 4.69. The van der Waals surface area contributed by atoms with Gasteiger partial charge in [-0.2, -0.15) is 5.26 Å². The molecule has 1 aliphatic rings. The number of rotatable bonds is 2. The van der Waals surface area contributed by atoms with Crippen molar-refractivity contribution in [3.8, 4) is 6.07 Å². The standard InChI is InChI=1S/C13H12BrFN2OS/c1-13(5-2-6-19-13)12(18)17-10-4-3-9(14)8(7-16)11(10)15/h3-4H,2,5-6H2,1H3,(H,17,18). The van der Waals surface area contributed by atoms with E-state index in [9.17, 15) is 9.18 Å². The lowest BCUT2D eigenvalue weighted by atomic mass is 10.0. The Hall–Kier alpha value is -1.06. The third kappa shape index (κ3) is 2.77. The number of nitrogens with one attached hydrogen (secondary N) is 1. The van der Waals surface area contributed by atoms with E-state index in [-0.39, 0.29) is 17.2 Å². The van der Waals surface area contributed by atoms with E-state index in [2.05, 4.69) is 21.2 Å². The van der Waals surface area contributed by atoms with E-state index in [1.54, 1.807) is 23.9 Å². The zero-order chi connectivity index (χ0) is 14.0. The summed E-state index contributed by atoms with van der Waals surface area (Å²) in [5.41, 5.74) is -0.0412. The molecule has 1 fully saturated rings. The van der Waals surface area contributed by atoms with Crippen molar-refractivity contribution in [1.29, 1.82) is 5.26 Å². The molecule has 1 atom stereocenters. The average Bonchev–Trinajstić information content (AvgIpc) is 2.82. The minimum absolute atomic E-state index is 0.0541. The molecule has 19 heavy (non-hydrogen) atoms. The fourth-order valence-corrected chi connectivity index (χ4v) is 3.57. The summed E-state index contributed by atoms with van der Waals surface area (Å²) in [6.07, 6.45) is 1.77. The van der Waals surface area contributed by atoms with Crippen LogP contribution in [-0.4, -0.2) is 16.4 Å². The number of halogens is 2. The number of amides is 1. The van der Waals surface area contributed by atoms with E-state index in [1.165, 1.54) is 6.07 Å². The van der Waals surface area contributed by atoms with Crippen molar-refractivity contribution in [1.82, 2.24) is 0 Å². The number of carbonyl (C=O) groups excluding carboxylic acids is 1. The number of nitrogens with zero attached hydrogens (tertiary/aromatic N) is 1. The highest BCUT2D eigenvalue weighted by Gasteiger charge is 2.37. The Balaban J connectivity index is 2.25. The quantitative estimate of drug-likeness (QED) is 0.891. The summed E-state index contributed by atoms with van der Waals surface area (Å²) in [5.74, 6) is 0.0350. The molecule has 1 unspecified atom stereocenters. The van der Waals surface area contributed by atoms with E-state index in [1.807, 2.05) is 6.92 Å². The van der Waals surface area contributed by atoms with Gasteiger partial charge in [0.2, 0.25) is 5.91 Å². The number of anilines is 1. The van der Waals surface area contributed by atoms with Crippen LogP contribution in [0.5, 0.6) is 0 Å². The molecule has 0 aliphatic carbocycles. The van der Waals surface area contributed by atoms with Gasteiger partial charge in [0.15, 0.2) is 5.82 Å². The van der Waals surface area contributed by atoms with Gasteiger partial charge in [-0.25, -0.2) is 4.39 Å². The van der Waals surface area contributed by atoms with E-state index in [0.29, 0.717) is 4.47 Å². The van der Waals surface area contributed by atoms with Crippen LogP contribution in [0.15, 0.2) is 16.6 Å². The zero-order valence-corrected chi connectivity index (χ0v) is 12.7. The Labute approximate surface area is 123 Å². The second kappa shape index (κ2) is 5.51. The third-order valence-electron chi connectivity index (χ3n) is 3.15. The van der Waals surface area contributed by atoms with Gasteiger partial charge in [0.1, 0.15) is 11.6 Å². The van der Waals surface area contributed by atoms with E-state index in [0.717, 1.165) is 18.6 Å². The summed E-state index contributed by atoms with van der Waals surface area (Å²) in [6.45, 7) is 1.86. The smallest absolute Gasteiger partial charge is 0.240 e. The molecule has 3 nitrogen and oxygen atoms in total. The van der Waals surface area contributed by atoms with Crippen molar-refractivity contribution in [3.63, 3.8) is 0 Å². The SMILES string of the molecule is CC1(C(=O)Nc2ccc(Br)c(C#N)c2F)CCCS1. The van der Waals surface area contributed by atoms with Crippen molar-refractivity contribution in [3.05, 3.63) is 28.0 Å². The van der Waals surface area contributed by atoms with Gasteiger partial charge in [0.25, 0.3) is 0 Å². The Morgan fingerprint density at radius 2 is 2.37 bits per heavy atom. The lowest BCUT2D eigenvalue weighted by Crippen LogP contribution is -2.35. The molecule has 1 aromatic carbocycles. The van der Waals surface area contributed by atoms with Crippen LogP contribution >= 0.6 is 27.7 Å². The summed E-state index contributed by atoms with van der Waals surface area (Å²) in [7, 11) is 0. The second-order valence-corrected chi connectivity index (χ2v) is 6.99. The van der Waals surface area contributed by atoms with Gasteiger partial charge in [0.05, 0.1) is 10.4 Å². The normalized spacial score (nSPS) is 22.0. The van der Waals surface area contributed by atoms with Crippen LogP contribution in [-0.2, 0) is 4.79 Å². The number of nitriles is 1. The van der Waals surface area contributed by atoms with Crippen molar-refractivity contribution < 1.29 is 9.18 Å². The molecule has 0 aromatic heterocycles. The van der Waals surface area contributed by atoms with Crippen LogP contribution < -0.4 is 5.32 Å². The van der Waals surface area contributed by atoms with Crippen LogP contribution in [0.25, 0.3) is 0 Å². The van der Waals surface area contributed by atoms with Crippen LogP contribution in [0.1, 0.15) is 25.3 Å². The Morgan fingerprint density at radius 3 is 2.95 bits per heavy atom. The summed E-state index contributed by atoms with van der Waals surface area (Å²) in [5, 5.41) is 11.5. The highest BCUT2D eigenvalue weighted by Crippen LogP contribution is 2.39. The topological polar surface area (TPSA) is 52.9 Å². The van der Waals surface area contributed by atoms with Gasteiger partial charge < -0.3 is 5.32 Å². The van der Waals surface area contributed by atoms with Crippen LogP contribution in [0.2, 0.25) is 0 Å². The Morgan fingerprint density at radius 1 is 1.63 bits per heavy atom. The number of hydrogen-bond donors (Lipinski definition) is 1. The summed E-state index contributed by atoms with van der Waals surface area (Å²) in [4.78, 5) is 12.2. The predicted octanol–water partition coefficient (Wildman–Crippen LogP) is 3.68. The Bertz CT molecular complexity index is 564. The van der Waals surface area contributed by atoms with Gasteiger partial charge in [0, 0.05) is 4.47 Å². The zero-order valence-electron chi connectivity index (χ0n) is 10.3. The molecule has 100 valence electrons. The molecular formula is C13H12BrFN2OS. The first kappa shape index (κ1) is 14.4. The highest BCUT2D eigenvalue weighted by molar-refractivity contribution is 9.10. The first-order chi connectivity index (χ1) is 8.98. The Kier molecular flexibility index (Phi) is 4.16. The maximum absolute atomic E-state index is 14.0. The van der Waals surface area contributed by atoms with E-state index < -0.39 is 10.6 Å². The van der Waals surface area contributed by atoms with E-state index in [4.69, 9.17) is 5.26 Å². The van der Waals surface area contributed by atoms with Crippen molar-refractivity contribution in [2.75, 3.05) is 11.1 Å². The van der Waals surface area contributed by atoms with Crippen LogP contribution in [0, 0.1) is 17.1 Å². The first-order valence-corrected chi connectivity index (χ1v) is 7.59. The maximum atomic E-state index is 14.0. The minimum atomic E-state index is -0.697. The average molecular weight is 343 g/mol. The fraction of sp³-hybridized carbons (Fsp3) is 0.385. The van der Waals surface area contributed by atoms with Gasteiger partial charge in [-0.15, -0.1) is 11.8 Å². The number of benzene rings is 1. The first-order valence-electron chi connectivity index (χ1n) is 5.81. The molecule has 1 N–H and O–H groups in total. The molecule has 1 heterocycles. The van der Waals surface area contributed by atoms with Crippen LogP contribution in [0.4, 0.5) is 10.1 Å². The lowest BCUT2D eigenvalue weighted by molar-refractivity contribution is -0.118.